The number of benzene rings is 2. The Labute approximate surface area is 140 Å². The van der Waals surface area contributed by atoms with Gasteiger partial charge in [-0.2, -0.15) is 0 Å². The fraction of sp³-hybridized carbons (Fsp3) is 0.263. The first-order valence-electron chi connectivity index (χ1n) is 7.95. The monoisotopic (exact) mass is 325 g/mol. The molecule has 1 aliphatic heterocycles. The summed E-state index contributed by atoms with van der Waals surface area (Å²) < 4.78 is 10.6. The summed E-state index contributed by atoms with van der Waals surface area (Å²) in [4.78, 5) is 24.5. The van der Waals surface area contributed by atoms with Crippen molar-refractivity contribution in [3.05, 3.63) is 65.7 Å². The second kappa shape index (κ2) is 7.64. The minimum atomic E-state index is -0.542. The zero-order valence-corrected chi connectivity index (χ0v) is 13.3. The van der Waals surface area contributed by atoms with Gasteiger partial charge in [-0.3, -0.25) is 4.79 Å². The van der Waals surface area contributed by atoms with E-state index in [1.54, 1.807) is 0 Å². The van der Waals surface area contributed by atoms with Crippen LogP contribution >= 0.6 is 0 Å². The number of ether oxygens (including phenoxy) is 2. The van der Waals surface area contributed by atoms with Crippen LogP contribution in [0.2, 0.25) is 0 Å². The number of carbonyl (C=O) groups is 2. The van der Waals surface area contributed by atoms with Crippen LogP contribution < -0.4 is 4.74 Å². The van der Waals surface area contributed by atoms with Crippen molar-refractivity contribution in [3.8, 4) is 5.75 Å². The normalized spacial score (nSPS) is 13.7. The largest absolute Gasteiger partial charge is 0.489 e. The lowest BCUT2D eigenvalue weighted by atomic mass is 10.1. The highest BCUT2D eigenvalue weighted by Crippen LogP contribution is 2.17. The van der Waals surface area contributed by atoms with E-state index in [1.807, 2.05) is 54.6 Å². The molecular weight excluding hydrogens is 306 g/mol. The van der Waals surface area contributed by atoms with Crippen LogP contribution in [0.15, 0.2) is 54.6 Å². The molecule has 2 aromatic carbocycles. The molecule has 24 heavy (non-hydrogen) atoms. The number of rotatable bonds is 6. The van der Waals surface area contributed by atoms with Crippen molar-refractivity contribution in [2.75, 3.05) is 13.2 Å². The average molecular weight is 325 g/mol. The number of amides is 2. The van der Waals surface area contributed by atoms with Crippen LogP contribution in [0.25, 0.3) is 0 Å². The predicted octanol–water partition coefficient (Wildman–Crippen LogP) is 3.18. The molecule has 0 bridgehead atoms. The molecule has 124 valence electrons. The lowest BCUT2D eigenvalue weighted by Crippen LogP contribution is -2.31. The van der Waals surface area contributed by atoms with Gasteiger partial charge in [0.2, 0.25) is 5.91 Å². The Morgan fingerprint density at radius 3 is 2.62 bits per heavy atom. The molecule has 5 nitrogen and oxygen atoms in total. The van der Waals surface area contributed by atoms with Crippen molar-refractivity contribution >= 4 is 12.0 Å². The van der Waals surface area contributed by atoms with Gasteiger partial charge in [-0.1, -0.05) is 42.5 Å². The summed E-state index contributed by atoms with van der Waals surface area (Å²) in [6.45, 7) is 1.13. The highest BCUT2D eigenvalue weighted by Gasteiger charge is 2.27. The van der Waals surface area contributed by atoms with Gasteiger partial charge in [0.25, 0.3) is 0 Å². The number of hydrogen-bond acceptors (Lipinski definition) is 4. The fourth-order valence-electron chi connectivity index (χ4n) is 2.54. The van der Waals surface area contributed by atoms with Gasteiger partial charge in [0.1, 0.15) is 19.0 Å². The molecule has 3 rings (SSSR count). The van der Waals surface area contributed by atoms with Gasteiger partial charge in [-0.15, -0.1) is 0 Å². The standard InChI is InChI=1S/C19H19NO4/c21-18(20-11-12-23-19(20)22)10-9-15-7-4-8-17(13-15)24-14-16-5-2-1-3-6-16/h1-8,13H,9-12,14H2. The summed E-state index contributed by atoms with van der Waals surface area (Å²) in [6, 6.07) is 17.6. The van der Waals surface area contributed by atoms with E-state index < -0.39 is 6.09 Å². The maximum Gasteiger partial charge on any atom is 0.416 e. The second-order valence-corrected chi connectivity index (χ2v) is 5.58. The third-order valence-corrected chi connectivity index (χ3v) is 3.84. The number of cyclic esters (lactones) is 1. The summed E-state index contributed by atoms with van der Waals surface area (Å²) in [5, 5.41) is 0. The van der Waals surface area contributed by atoms with Gasteiger partial charge in [-0.25, -0.2) is 9.69 Å². The minimum absolute atomic E-state index is 0.201. The Bertz CT molecular complexity index is 714. The third-order valence-electron chi connectivity index (χ3n) is 3.84. The lowest BCUT2D eigenvalue weighted by molar-refractivity contribution is -0.127. The van der Waals surface area contributed by atoms with E-state index in [-0.39, 0.29) is 18.9 Å². The molecule has 5 heteroatoms. The molecule has 0 unspecified atom stereocenters. The molecule has 0 N–H and O–H groups in total. The molecule has 1 fully saturated rings. The number of carbonyl (C=O) groups excluding carboxylic acids is 2. The van der Waals surface area contributed by atoms with Crippen molar-refractivity contribution in [1.82, 2.24) is 4.90 Å². The first-order valence-corrected chi connectivity index (χ1v) is 7.95. The molecule has 0 saturated carbocycles. The van der Waals surface area contributed by atoms with E-state index >= 15 is 0 Å². The van der Waals surface area contributed by atoms with E-state index in [9.17, 15) is 9.59 Å². The van der Waals surface area contributed by atoms with Crippen LogP contribution in [-0.4, -0.2) is 30.1 Å². The molecule has 0 aliphatic carbocycles. The molecular formula is C19H19NO4. The number of hydrogen-bond donors (Lipinski definition) is 0. The molecule has 1 saturated heterocycles. The Balaban J connectivity index is 1.53. The smallest absolute Gasteiger partial charge is 0.416 e. The van der Waals surface area contributed by atoms with Gasteiger partial charge in [0, 0.05) is 6.42 Å². The van der Waals surface area contributed by atoms with Crippen molar-refractivity contribution in [2.45, 2.75) is 19.4 Å². The van der Waals surface area contributed by atoms with Crippen molar-refractivity contribution < 1.29 is 19.1 Å². The van der Waals surface area contributed by atoms with E-state index in [2.05, 4.69) is 0 Å². The zero-order chi connectivity index (χ0) is 16.8. The topological polar surface area (TPSA) is 55.8 Å². The first-order chi connectivity index (χ1) is 11.7. The molecule has 0 atom stereocenters. The number of aryl methyl sites for hydroxylation is 1. The van der Waals surface area contributed by atoms with E-state index in [0.717, 1.165) is 21.8 Å². The molecule has 0 spiro atoms. The highest BCUT2D eigenvalue weighted by atomic mass is 16.6. The quantitative estimate of drug-likeness (QED) is 0.818. The van der Waals surface area contributed by atoms with Crippen LogP contribution in [0.4, 0.5) is 4.79 Å². The maximum absolute atomic E-state index is 12.0. The predicted molar refractivity (Wildman–Crippen MR) is 88.6 cm³/mol. The Morgan fingerprint density at radius 1 is 1.08 bits per heavy atom. The summed E-state index contributed by atoms with van der Waals surface area (Å²) in [5.41, 5.74) is 2.10. The van der Waals surface area contributed by atoms with E-state index in [0.29, 0.717) is 19.6 Å². The van der Waals surface area contributed by atoms with Crippen molar-refractivity contribution in [1.29, 1.82) is 0 Å². The number of nitrogens with zero attached hydrogens (tertiary/aromatic N) is 1. The van der Waals surface area contributed by atoms with Gasteiger partial charge in [0.15, 0.2) is 0 Å². The molecule has 0 aromatic heterocycles. The fourth-order valence-corrected chi connectivity index (χ4v) is 2.54. The summed E-state index contributed by atoms with van der Waals surface area (Å²) >= 11 is 0. The Kier molecular flexibility index (Phi) is 5.11. The van der Waals surface area contributed by atoms with Gasteiger partial charge in [0.05, 0.1) is 6.54 Å². The van der Waals surface area contributed by atoms with E-state index in [4.69, 9.17) is 9.47 Å². The van der Waals surface area contributed by atoms with Crippen LogP contribution in [0, 0.1) is 0 Å². The summed E-state index contributed by atoms with van der Waals surface area (Å²) in [5.74, 6) is 0.567. The molecule has 2 aromatic rings. The Hall–Kier alpha value is -2.82. The summed E-state index contributed by atoms with van der Waals surface area (Å²) in [7, 11) is 0. The maximum atomic E-state index is 12.0. The van der Waals surface area contributed by atoms with Gasteiger partial charge < -0.3 is 9.47 Å². The van der Waals surface area contributed by atoms with E-state index in [1.165, 1.54) is 0 Å². The summed E-state index contributed by atoms with van der Waals surface area (Å²) in [6.07, 6.45) is 0.294. The molecule has 1 heterocycles. The van der Waals surface area contributed by atoms with Crippen LogP contribution in [-0.2, 0) is 22.6 Å². The number of imide groups is 1. The van der Waals surface area contributed by atoms with Gasteiger partial charge in [-0.05, 0) is 29.7 Å². The van der Waals surface area contributed by atoms with Crippen LogP contribution in [0.3, 0.4) is 0 Å². The van der Waals surface area contributed by atoms with Crippen molar-refractivity contribution in [3.63, 3.8) is 0 Å². The first kappa shape index (κ1) is 16.1. The third kappa shape index (κ3) is 4.13. The Morgan fingerprint density at radius 2 is 1.88 bits per heavy atom. The van der Waals surface area contributed by atoms with Crippen molar-refractivity contribution in [2.24, 2.45) is 0 Å². The SMILES string of the molecule is O=C(CCc1cccc(OCc2ccccc2)c1)N1CCOC1=O. The molecule has 2 amide bonds. The van der Waals surface area contributed by atoms with Gasteiger partial charge >= 0.3 is 6.09 Å². The van der Waals surface area contributed by atoms with Crippen LogP contribution in [0.5, 0.6) is 5.75 Å². The zero-order valence-electron chi connectivity index (χ0n) is 13.3. The van der Waals surface area contributed by atoms with Crippen LogP contribution in [0.1, 0.15) is 17.5 Å². The second-order valence-electron chi connectivity index (χ2n) is 5.58. The minimum Gasteiger partial charge on any atom is -0.489 e. The highest BCUT2D eigenvalue weighted by molar-refractivity contribution is 5.93. The lowest BCUT2D eigenvalue weighted by Gasteiger charge is -2.11. The average Bonchev–Trinajstić information content (AvgIpc) is 3.05. The molecule has 0 radical (unpaired) electrons. The molecule has 1 aliphatic rings.